The summed E-state index contributed by atoms with van der Waals surface area (Å²) in [5.74, 6) is -0.788. The summed E-state index contributed by atoms with van der Waals surface area (Å²) < 4.78 is 14.5. The van der Waals surface area contributed by atoms with Crippen LogP contribution in [-0.2, 0) is 6.42 Å². The minimum Gasteiger partial charge on any atom is -0.368 e. The summed E-state index contributed by atoms with van der Waals surface area (Å²) in [7, 11) is 0. The number of amides is 1. The maximum atomic E-state index is 14.5. The van der Waals surface area contributed by atoms with Gasteiger partial charge in [0.1, 0.15) is 5.82 Å². The van der Waals surface area contributed by atoms with Crippen LogP contribution in [0.2, 0.25) is 0 Å². The third-order valence-corrected chi connectivity index (χ3v) is 5.93. The molecule has 1 amide bonds. The van der Waals surface area contributed by atoms with E-state index in [-0.39, 0.29) is 17.5 Å². The van der Waals surface area contributed by atoms with Crippen LogP contribution in [0.3, 0.4) is 0 Å². The van der Waals surface area contributed by atoms with Crippen LogP contribution in [0.5, 0.6) is 0 Å². The van der Waals surface area contributed by atoms with Crippen molar-refractivity contribution < 1.29 is 14.3 Å². The number of hydrogen-bond acceptors (Lipinski definition) is 5. The predicted octanol–water partition coefficient (Wildman–Crippen LogP) is 2.97. The van der Waals surface area contributed by atoms with Crippen LogP contribution in [0.25, 0.3) is 0 Å². The molecule has 2 unspecified atom stereocenters. The Bertz CT molecular complexity index is 987. The molecule has 3 N–H and O–H groups in total. The van der Waals surface area contributed by atoms with Crippen LogP contribution < -0.4 is 10.7 Å². The number of hydrogen-bond donors (Lipinski definition) is 3. The van der Waals surface area contributed by atoms with E-state index in [0.717, 1.165) is 35.2 Å². The Balaban J connectivity index is 1.44. The van der Waals surface area contributed by atoms with E-state index in [4.69, 9.17) is 0 Å². The molecule has 2 aromatic rings. The van der Waals surface area contributed by atoms with Crippen molar-refractivity contribution in [2.24, 2.45) is 5.10 Å². The fourth-order valence-electron chi connectivity index (χ4n) is 4.28. The molecule has 2 heterocycles. The Morgan fingerprint density at radius 3 is 2.87 bits per heavy atom. The molecule has 2 atom stereocenters. The van der Waals surface area contributed by atoms with Gasteiger partial charge in [-0.25, -0.2) is 4.39 Å². The van der Waals surface area contributed by atoms with E-state index in [2.05, 4.69) is 29.7 Å². The Labute approximate surface area is 182 Å². The number of rotatable bonds is 7. The van der Waals surface area contributed by atoms with Gasteiger partial charge in [0.2, 0.25) is 0 Å². The largest absolute Gasteiger partial charge is 0.368 e. The van der Waals surface area contributed by atoms with E-state index in [1.165, 1.54) is 6.07 Å². The summed E-state index contributed by atoms with van der Waals surface area (Å²) in [6.45, 7) is 5.49. The Morgan fingerprint density at radius 1 is 1.32 bits per heavy atom. The molecule has 0 bridgehead atoms. The summed E-state index contributed by atoms with van der Waals surface area (Å²) in [5.41, 5.74) is 5.94. The fraction of sp³-hybridized carbons (Fsp3) is 0.417. The standard InChI is InChI=1S/C24H29FN4O2/c1-3-6-15(2)26-17-13-29(14-17)24(31)20-11-16(9-10-21(20)25)12-22-18-7-4-5-8-19(18)23(30)28-27-22/h4-5,7-11,15,17,23,26,28,30H,3,6,12-14H2,1-2H3. The molecule has 0 aliphatic carbocycles. The summed E-state index contributed by atoms with van der Waals surface area (Å²) in [4.78, 5) is 14.6. The van der Waals surface area contributed by atoms with Crippen molar-refractivity contribution in [3.8, 4) is 0 Å². The van der Waals surface area contributed by atoms with Crippen LogP contribution >= 0.6 is 0 Å². The number of aliphatic hydroxyl groups is 1. The Hall–Kier alpha value is -2.77. The molecule has 2 aliphatic rings. The quantitative estimate of drug-likeness (QED) is 0.639. The number of likely N-dealkylation sites (tertiary alicyclic amines) is 1. The van der Waals surface area contributed by atoms with Gasteiger partial charge in [-0.2, -0.15) is 5.10 Å². The van der Waals surface area contributed by atoms with Crippen LogP contribution in [-0.4, -0.2) is 46.8 Å². The van der Waals surface area contributed by atoms with Gasteiger partial charge in [-0.1, -0.05) is 43.7 Å². The second kappa shape index (κ2) is 9.16. The predicted molar refractivity (Wildman–Crippen MR) is 118 cm³/mol. The lowest BCUT2D eigenvalue weighted by molar-refractivity contribution is 0.0548. The highest BCUT2D eigenvalue weighted by molar-refractivity contribution is 6.04. The summed E-state index contributed by atoms with van der Waals surface area (Å²) in [5, 5.41) is 17.9. The SMILES string of the molecule is CCCC(C)NC1CN(C(=O)c2cc(CC3=NNC(O)c4ccccc43)ccc2F)C1. The molecular weight excluding hydrogens is 395 g/mol. The van der Waals surface area contributed by atoms with Crippen molar-refractivity contribution in [2.75, 3.05) is 13.1 Å². The zero-order valence-corrected chi connectivity index (χ0v) is 17.9. The summed E-state index contributed by atoms with van der Waals surface area (Å²) in [6, 6.07) is 12.8. The molecule has 6 nitrogen and oxygen atoms in total. The molecule has 0 saturated carbocycles. The van der Waals surface area contributed by atoms with E-state index in [1.807, 2.05) is 24.3 Å². The van der Waals surface area contributed by atoms with Gasteiger partial charge in [0.15, 0.2) is 6.23 Å². The number of carbonyl (C=O) groups excluding carboxylic acids is 1. The monoisotopic (exact) mass is 424 g/mol. The number of fused-ring (bicyclic) bond motifs is 1. The van der Waals surface area contributed by atoms with Crippen molar-refractivity contribution in [3.05, 3.63) is 70.5 Å². The molecule has 7 heteroatoms. The molecule has 1 saturated heterocycles. The first kappa shape index (κ1) is 21.5. The number of nitrogens with one attached hydrogen (secondary N) is 2. The third-order valence-electron chi connectivity index (χ3n) is 5.93. The molecule has 1 fully saturated rings. The highest BCUT2D eigenvalue weighted by Gasteiger charge is 2.33. The minimum absolute atomic E-state index is 0.0928. The lowest BCUT2D eigenvalue weighted by Crippen LogP contribution is -2.61. The van der Waals surface area contributed by atoms with Crippen molar-refractivity contribution in [1.82, 2.24) is 15.6 Å². The van der Waals surface area contributed by atoms with Gasteiger partial charge in [-0.3, -0.25) is 10.2 Å². The molecule has 4 rings (SSSR count). The van der Waals surface area contributed by atoms with Crippen LogP contribution in [0.15, 0.2) is 47.6 Å². The van der Waals surface area contributed by atoms with Crippen LogP contribution in [0.1, 0.15) is 60.0 Å². The zero-order valence-electron chi connectivity index (χ0n) is 17.9. The average molecular weight is 425 g/mol. The average Bonchev–Trinajstić information content (AvgIpc) is 2.73. The highest BCUT2D eigenvalue weighted by Crippen LogP contribution is 2.24. The maximum Gasteiger partial charge on any atom is 0.256 e. The molecule has 2 aliphatic heterocycles. The highest BCUT2D eigenvalue weighted by atomic mass is 19.1. The second-order valence-corrected chi connectivity index (χ2v) is 8.43. The molecule has 0 spiro atoms. The number of hydrazone groups is 1. The molecule has 2 aromatic carbocycles. The Kier molecular flexibility index (Phi) is 6.34. The third kappa shape index (κ3) is 4.62. The smallest absolute Gasteiger partial charge is 0.256 e. The van der Waals surface area contributed by atoms with E-state index in [1.54, 1.807) is 17.0 Å². The second-order valence-electron chi connectivity index (χ2n) is 8.43. The number of nitrogens with zero attached hydrogens (tertiary/aromatic N) is 2. The maximum absolute atomic E-state index is 14.5. The van der Waals surface area contributed by atoms with E-state index in [0.29, 0.717) is 25.6 Å². The van der Waals surface area contributed by atoms with Crippen LogP contribution in [0, 0.1) is 5.82 Å². The molecule has 164 valence electrons. The molecule has 0 aromatic heterocycles. The van der Waals surface area contributed by atoms with Crippen molar-refractivity contribution in [3.63, 3.8) is 0 Å². The topological polar surface area (TPSA) is 77.0 Å². The van der Waals surface area contributed by atoms with Gasteiger partial charge in [0.25, 0.3) is 5.91 Å². The van der Waals surface area contributed by atoms with E-state index < -0.39 is 12.0 Å². The minimum atomic E-state index is -0.849. The number of aliphatic hydroxyl groups excluding tert-OH is 1. The van der Waals surface area contributed by atoms with Crippen LogP contribution in [0.4, 0.5) is 4.39 Å². The van der Waals surface area contributed by atoms with Crippen molar-refractivity contribution in [2.45, 2.75) is 51.4 Å². The first-order chi connectivity index (χ1) is 15.0. The van der Waals surface area contributed by atoms with E-state index >= 15 is 0 Å². The van der Waals surface area contributed by atoms with Gasteiger partial charge >= 0.3 is 0 Å². The first-order valence-electron chi connectivity index (χ1n) is 10.9. The lowest BCUT2D eigenvalue weighted by Gasteiger charge is -2.41. The van der Waals surface area contributed by atoms with Gasteiger partial charge in [-0.15, -0.1) is 0 Å². The molecular formula is C24H29FN4O2. The summed E-state index contributed by atoms with van der Waals surface area (Å²) in [6.07, 6.45) is 1.79. The molecule has 0 radical (unpaired) electrons. The number of benzene rings is 2. The number of carbonyl (C=O) groups is 1. The van der Waals surface area contributed by atoms with Gasteiger partial charge in [-0.05, 0) is 31.0 Å². The zero-order chi connectivity index (χ0) is 22.0. The van der Waals surface area contributed by atoms with Crippen molar-refractivity contribution >= 4 is 11.6 Å². The van der Waals surface area contributed by atoms with E-state index in [9.17, 15) is 14.3 Å². The first-order valence-corrected chi connectivity index (χ1v) is 10.9. The fourth-order valence-corrected chi connectivity index (χ4v) is 4.28. The summed E-state index contributed by atoms with van der Waals surface area (Å²) >= 11 is 0. The van der Waals surface area contributed by atoms with Crippen molar-refractivity contribution in [1.29, 1.82) is 0 Å². The Morgan fingerprint density at radius 2 is 2.10 bits per heavy atom. The number of halogens is 1. The normalized spacial score (nSPS) is 19.2. The lowest BCUT2D eigenvalue weighted by atomic mass is 9.95. The molecule has 31 heavy (non-hydrogen) atoms. The van der Waals surface area contributed by atoms with Gasteiger partial charge in [0, 0.05) is 42.7 Å². The van der Waals surface area contributed by atoms with Gasteiger partial charge in [0.05, 0.1) is 11.3 Å². The van der Waals surface area contributed by atoms with Gasteiger partial charge < -0.3 is 15.3 Å².